The van der Waals surface area contributed by atoms with Crippen molar-refractivity contribution in [2.75, 3.05) is 18.9 Å². The number of rotatable bonds is 15. The molecule has 0 radical (unpaired) electrons. The fourth-order valence-corrected chi connectivity index (χ4v) is 5.54. The van der Waals surface area contributed by atoms with Crippen LogP contribution in [0.25, 0.3) is 11.3 Å². The van der Waals surface area contributed by atoms with Gasteiger partial charge >= 0.3 is 16.4 Å². The van der Waals surface area contributed by atoms with Crippen molar-refractivity contribution in [3.8, 4) is 17.0 Å². The number of carboxylic acids is 1. The van der Waals surface area contributed by atoms with Gasteiger partial charge in [-0.1, -0.05) is 5.16 Å². The summed E-state index contributed by atoms with van der Waals surface area (Å²) in [4.78, 5) is 47.5. The van der Waals surface area contributed by atoms with E-state index in [-0.39, 0.29) is 10.8 Å². The number of hydrogen-bond donors (Lipinski definition) is 6. The number of amides is 2. The number of carboxylic acid groups (broad SMARTS) is 1. The maximum Gasteiger partial charge on any atom is 0.418 e. The molecule has 0 bridgehead atoms. The van der Waals surface area contributed by atoms with Gasteiger partial charge in [-0.15, -0.1) is 15.6 Å². The van der Waals surface area contributed by atoms with Crippen molar-refractivity contribution in [1.29, 1.82) is 5.41 Å². The summed E-state index contributed by atoms with van der Waals surface area (Å²) in [6.07, 6.45) is 2.56. The molecule has 48 heavy (non-hydrogen) atoms. The monoisotopic (exact) mass is 709 g/mol. The largest absolute Gasteiger partial charge is 0.489 e. The molecule has 8 N–H and O–H groups in total. The van der Waals surface area contributed by atoms with Gasteiger partial charge in [0, 0.05) is 25.2 Å². The second-order valence-corrected chi connectivity index (χ2v) is 13.3. The summed E-state index contributed by atoms with van der Waals surface area (Å²) < 4.78 is 44.7. The Morgan fingerprint density at radius 2 is 1.94 bits per heavy atom. The number of benzene rings is 1. The van der Waals surface area contributed by atoms with Gasteiger partial charge in [0.15, 0.2) is 10.8 Å². The third-order valence-electron chi connectivity index (χ3n) is 7.39. The minimum Gasteiger partial charge on any atom is -0.489 e. The Kier molecular flexibility index (Phi) is 10.3. The molecule has 19 nitrogen and oxygen atoms in total. The number of oxime groups is 1. The molecule has 2 aromatic heterocycles. The predicted molar refractivity (Wildman–Crippen MR) is 170 cm³/mol. The number of aliphatic carboxylic acids is 1. The second kappa shape index (κ2) is 13.7. The van der Waals surface area contributed by atoms with E-state index >= 15 is 0 Å². The SMILES string of the molecule is Cn1c(-c2ccc(OCC(C)(O/N=C(\C(=O)NC3C(=O)N(OS(=O)(=O)O)C3(C)C)c3csc(N)n3)C(=O)O)cc2)cn(CCCN)c1=N. The van der Waals surface area contributed by atoms with Crippen LogP contribution in [0.5, 0.6) is 5.75 Å². The number of nitrogens with zero attached hydrogens (tertiary/aromatic N) is 5. The van der Waals surface area contributed by atoms with Crippen LogP contribution in [0.2, 0.25) is 0 Å². The van der Waals surface area contributed by atoms with Gasteiger partial charge < -0.3 is 40.6 Å². The smallest absolute Gasteiger partial charge is 0.418 e. The van der Waals surface area contributed by atoms with Crippen molar-refractivity contribution in [3.05, 3.63) is 47.2 Å². The Balaban J connectivity index is 1.50. The van der Waals surface area contributed by atoms with Crippen LogP contribution < -0.4 is 27.1 Å². The second-order valence-electron chi connectivity index (χ2n) is 11.4. The van der Waals surface area contributed by atoms with Gasteiger partial charge in [0.1, 0.15) is 24.1 Å². The standard InChI is InChI=1S/C27H35N9O10S2/c1-26(2)20(22(38)36(26)46-48(41,42)43)32-21(37)19(17-13-47-24(29)31-17)33-45-27(3,23(39)40)14-44-16-8-6-15(7-9-16)18-12-35(11-5-10-28)25(30)34(18)4/h6-9,12-13,20,30H,5,10-11,14,28H2,1-4H3,(H2,29,31)(H,32,37)(H,39,40)(H,41,42,43)/b30-25?,33-19-. The van der Waals surface area contributed by atoms with Gasteiger partial charge in [0.2, 0.25) is 5.62 Å². The summed E-state index contributed by atoms with van der Waals surface area (Å²) in [5.41, 5.74) is 8.95. The number of thiazole rings is 1. The van der Waals surface area contributed by atoms with E-state index < -0.39 is 57.7 Å². The number of β-lactam (4-membered cyclic amide) rings is 1. The molecule has 0 spiro atoms. The topological polar surface area (TPSA) is 280 Å². The number of nitrogen functional groups attached to an aromatic ring is 1. The average Bonchev–Trinajstić information content (AvgIpc) is 3.58. The quantitative estimate of drug-likeness (QED) is 0.0519. The molecule has 1 aromatic carbocycles. The first kappa shape index (κ1) is 36.0. The predicted octanol–water partition coefficient (Wildman–Crippen LogP) is -0.156. The number of nitrogens with one attached hydrogen (secondary N) is 2. The lowest BCUT2D eigenvalue weighted by atomic mass is 9.84. The van der Waals surface area contributed by atoms with E-state index in [0.717, 1.165) is 29.0 Å². The highest BCUT2D eigenvalue weighted by Gasteiger charge is 2.58. The van der Waals surface area contributed by atoms with E-state index in [0.29, 0.717) is 29.5 Å². The van der Waals surface area contributed by atoms with Gasteiger partial charge in [-0.2, -0.15) is 13.5 Å². The van der Waals surface area contributed by atoms with Crippen LogP contribution in [-0.2, 0) is 47.5 Å². The fraction of sp³-hybridized carbons (Fsp3) is 0.407. The molecule has 0 aliphatic carbocycles. The lowest BCUT2D eigenvalue weighted by Gasteiger charge is -2.50. The van der Waals surface area contributed by atoms with Crippen LogP contribution in [0.3, 0.4) is 0 Å². The molecule has 1 fully saturated rings. The summed E-state index contributed by atoms with van der Waals surface area (Å²) in [5.74, 6) is -3.23. The molecule has 260 valence electrons. The number of nitrogens with two attached hydrogens (primary N) is 2. The number of hydrogen-bond acceptors (Lipinski definition) is 14. The molecule has 0 saturated carbocycles. The summed E-state index contributed by atoms with van der Waals surface area (Å²) in [6, 6.07) is 5.38. The number of aromatic nitrogens is 3. The summed E-state index contributed by atoms with van der Waals surface area (Å²) in [5, 5.41) is 26.2. The van der Waals surface area contributed by atoms with Crippen LogP contribution in [0, 0.1) is 5.41 Å². The van der Waals surface area contributed by atoms with Crippen LogP contribution in [0.15, 0.2) is 41.0 Å². The van der Waals surface area contributed by atoms with Gasteiger partial charge in [0.05, 0.1) is 11.2 Å². The number of imidazole rings is 1. The normalized spacial score (nSPS) is 17.4. The molecule has 2 atom stereocenters. The van der Waals surface area contributed by atoms with E-state index in [2.05, 4.69) is 19.7 Å². The Morgan fingerprint density at radius 1 is 1.27 bits per heavy atom. The summed E-state index contributed by atoms with van der Waals surface area (Å²) >= 11 is 0.950. The Labute approximate surface area is 278 Å². The highest BCUT2D eigenvalue weighted by molar-refractivity contribution is 7.80. The summed E-state index contributed by atoms with van der Waals surface area (Å²) in [7, 11) is -3.26. The zero-order chi connectivity index (χ0) is 35.6. The minimum atomic E-state index is -5.03. The molecule has 1 saturated heterocycles. The highest BCUT2D eigenvalue weighted by Crippen LogP contribution is 2.33. The first-order chi connectivity index (χ1) is 22.4. The minimum absolute atomic E-state index is 0.0470. The lowest BCUT2D eigenvalue weighted by molar-refractivity contribution is -0.218. The molecule has 2 unspecified atom stereocenters. The van der Waals surface area contributed by atoms with E-state index in [9.17, 15) is 27.9 Å². The van der Waals surface area contributed by atoms with Gasteiger partial charge in [-0.05, 0) is 63.6 Å². The average molecular weight is 710 g/mol. The molecule has 2 amide bonds. The molecule has 21 heteroatoms. The van der Waals surface area contributed by atoms with Crippen molar-refractivity contribution < 1.29 is 46.3 Å². The van der Waals surface area contributed by atoms with Gasteiger partial charge in [-0.3, -0.25) is 19.6 Å². The third kappa shape index (κ3) is 7.65. The number of carbonyl (C=O) groups excluding carboxylic acids is 2. The Hall–Kier alpha value is -4.83. The van der Waals surface area contributed by atoms with E-state index in [1.807, 2.05) is 6.20 Å². The van der Waals surface area contributed by atoms with Crippen molar-refractivity contribution >= 4 is 50.4 Å². The molecular weight excluding hydrogens is 674 g/mol. The maximum absolute atomic E-state index is 13.3. The molecule has 3 heterocycles. The number of anilines is 1. The molecule has 1 aliphatic heterocycles. The van der Waals surface area contributed by atoms with Crippen molar-refractivity contribution in [2.24, 2.45) is 17.9 Å². The molecule has 3 aromatic rings. The maximum atomic E-state index is 13.3. The Morgan fingerprint density at radius 3 is 2.48 bits per heavy atom. The molecule has 1 aliphatic rings. The van der Waals surface area contributed by atoms with Crippen molar-refractivity contribution in [2.45, 2.75) is 50.9 Å². The third-order valence-corrected chi connectivity index (χ3v) is 8.40. The molecular formula is C27H35N9O10S2. The Bertz CT molecular complexity index is 1900. The van der Waals surface area contributed by atoms with Crippen molar-refractivity contribution in [1.82, 2.24) is 24.5 Å². The number of ether oxygens (including phenoxy) is 1. The lowest BCUT2D eigenvalue weighted by Crippen LogP contribution is -2.76. The zero-order valence-corrected chi connectivity index (χ0v) is 27.9. The fourth-order valence-electron chi connectivity index (χ4n) is 4.54. The van der Waals surface area contributed by atoms with Gasteiger partial charge in [-0.25, -0.2) is 9.78 Å². The van der Waals surface area contributed by atoms with Gasteiger partial charge in [0.25, 0.3) is 17.4 Å². The number of hydroxylamine groups is 2. The number of aryl methyl sites for hydroxylation is 1. The van der Waals surface area contributed by atoms with E-state index in [4.69, 9.17) is 31.0 Å². The van der Waals surface area contributed by atoms with Crippen LogP contribution in [0.1, 0.15) is 32.9 Å². The summed E-state index contributed by atoms with van der Waals surface area (Å²) in [6.45, 7) is 4.42. The highest BCUT2D eigenvalue weighted by atomic mass is 32.3. The molecule has 4 rings (SSSR count). The van der Waals surface area contributed by atoms with Crippen LogP contribution >= 0.6 is 11.3 Å². The van der Waals surface area contributed by atoms with Crippen LogP contribution in [-0.4, -0.2) is 91.1 Å². The number of carbonyl (C=O) groups is 3. The van der Waals surface area contributed by atoms with Crippen molar-refractivity contribution in [3.63, 3.8) is 0 Å². The first-order valence-corrected chi connectivity index (χ1v) is 16.4. The first-order valence-electron chi connectivity index (χ1n) is 14.1. The van der Waals surface area contributed by atoms with Crippen LogP contribution in [0.4, 0.5) is 5.13 Å². The zero-order valence-electron chi connectivity index (χ0n) is 26.2. The van der Waals surface area contributed by atoms with E-state index in [1.165, 1.54) is 26.2 Å². The van der Waals surface area contributed by atoms with E-state index in [1.54, 1.807) is 40.4 Å².